The van der Waals surface area contributed by atoms with Crippen LogP contribution in [0.2, 0.25) is 0 Å². The smallest absolute Gasteiger partial charge is 0.261 e. The molecule has 0 bridgehead atoms. The first-order valence-corrected chi connectivity index (χ1v) is 6.52. The monoisotopic (exact) mass is 292 g/mol. The second kappa shape index (κ2) is 6.55. The van der Waals surface area contributed by atoms with Crippen molar-refractivity contribution in [3.8, 4) is 23.0 Å². The molecule has 0 aliphatic rings. The third-order valence-electron chi connectivity index (χ3n) is 2.97. The number of methoxy groups -OCH3 is 2. The summed E-state index contributed by atoms with van der Waals surface area (Å²) in [7, 11) is 7.02. The molecule has 21 heavy (non-hydrogen) atoms. The summed E-state index contributed by atoms with van der Waals surface area (Å²) in [5, 5.41) is 3.94. The number of hydrogen-bond donors (Lipinski definition) is 1. The number of hydrogen-bond acceptors (Lipinski definition) is 7. The average molecular weight is 292 g/mol. The Bertz CT molecular complexity index is 598. The van der Waals surface area contributed by atoms with Crippen molar-refractivity contribution in [1.29, 1.82) is 0 Å². The zero-order valence-electron chi connectivity index (χ0n) is 12.7. The zero-order valence-corrected chi connectivity index (χ0v) is 12.7. The van der Waals surface area contributed by atoms with Crippen LogP contribution in [-0.2, 0) is 0 Å². The minimum absolute atomic E-state index is 0.311. The predicted molar refractivity (Wildman–Crippen MR) is 78.3 cm³/mol. The number of para-hydroxylation sites is 1. The summed E-state index contributed by atoms with van der Waals surface area (Å²) in [6.45, 7) is 0.633. The van der Waals surface area contributed by atoms with Gasteiger partial charge in [-0.05, 0) is 26.2 Å². The molecule has 7 heteroatoms. The molecule has 0 aliphatic carbocycles. The molecule has 0 saturated heterocycles. The van der Waals surface area contributed by atoms with Crippen LogP contribution in [0.3, 0.4) is 0 Å². The lowest BCUT2D eigenvalue weighted by molar-refractivity contribution is 0.350. The molecule has 0 spiro atoms. The fourth-order valence-electron chi connectivity index (χ4n) is 2.03. The van der Waals surface area contributed by atoms with Crippen molar-refractivity contribution in [3.63, 3.8) is 0 Å². The largest absolute Gasteiger partial charge is 0.493 e. The van der Waals surface area contributed by atoms with E-state index in [2.05, 4.69) is 10.1 Å². The maximum atomic E-state index is 6.03. The van der Waals surface area contributed by atoms with E-state index in [0.717, 1.165) is 0 Å². The molecule has 1 aromatic heterocycles. The minimum Gasteiger partial charge on any atom is -0.493 e. The average Bonchev–Trinajstić information content (AvgIpc) is 2.95. The predicted octanol–water partition coefficient (Wildman–Crippen LogP) is 1.32. The van der Waals surface area contributed by atoms with E-state index in [4.69, 9.17) is 19.7 Å². The third-order valence-corrected chi connectivity index (χ3v) is 2.97. The highest BCUT2D eigenvalue weighted by Gasteiger charge is 2.20. The van der Waals surface area contributed by atoms with Crippen LogP contribution < -0.4 is 15.2 Å². The maximum Gasteiger partial charge on any atom is 0.261 e. The van der Waals surface area contributed by atoms with Gasteiger partial charge in [0.15, 0.2) is 17.3 Å². The van der Waals surface area contributed by atoms with Gasteiger partial charge in [0.25, 0.3) is 5.89 Å². The second-order valence-electron chi connectivity index (χ2n) is 4.87. The van der Waals surface area contributed by atoms with Crippen molar-refractivity contribution in [1.82, 2.24) is 15.0 Å². The molecule has 114 valence electrons. The highest BCUT2D eigenvalue weighted by molar-refractivity contribution is 5.67. The number of ether oxygens (including phenoxy) is 2. The molecule has 1 aromatic carbocycles. The molecule has 7 nitrogen and oxygen atoms in total. The Hall–Kier alpha value is -2.12. The molecule has 0 saturated carbocycles. The summed E-state index contributed by atoms with van der Waals surface area (Å²) < 4.78 is 15.9. The van der Waals surface area contributed by atoms with E-state index in [9.17, 15) is 0 Å². The van der Waals surface area contributed by atoms with Gasteiger partial charge < -0.3 is 24.6 Å². The number of rotatable bonds is 6. The van der Waals surface area contributed by atoms with Gasteiger partial charge in [-0.3, -0.25) is 0 Å². The first-order valence-electron chi connectivity index (χ1n) is 6.52. The molecule has 0 amide bonds. The molecule has 0 aliphatic heterocycles. The van der Waals surface area contributed by atoms with Gasteiger partial charge in [0, 0.05) is 6.54 Å². The standard InChI is InChI=1S/C14H20N4O3/c1-18(2)8-10(15)13-16-14(21-17-13)9-6-5-7-11(19-3)12(9)20-4/h5-7,10H,8,15H2,1-4H3. The van der Waals surface area contributed by atoms with Crippen LogP contribution in [0.5, 0.6) is 11.5 Å². The van der Waals surface area contributed by atoms with Gasteiger partial charge in [-0.1, -0.05) is 11.2 Å². The second-order valence-corrected chi connectivity index (χ2v) is 4.87. The van der Waals surface area contributed by atoms with Crippen LogP contribution >= 0.6 is 0 Å². The van der Waals surface area contributed by atoms with E-state index in [1.807, 2.05) is 31.1 Å². The first-order chi connectivity index (χ1) is 10.1. The number of aromatic nitrogens is 2. The molecule has 1 unspecified atom stereocenters. The van der Waals surface area contributed by atoms with E-state index < -0.39 is 0 Å². The summed E-state index contributed by atoms with van der Waals surface area (Å²) in [4.78, 5) is 6.32. The van der Waals surface area contributed by atoms with E-state index in [1.54, 1.807) is 20.3 Å². The Kier molecular flexibility index (Phi) is 4.77. The van der Waals surface area contributed by atoms with Crippen molar-refractivity contribution < 1.29 is 14.0 Å². The lowest BCUT2D eigenvalue weighted by atomic mass is 10.2. The highest BCUT2D eigenvalue weighted by atomic mass is 16.5. The van der Waals surface area contributed by atoms with Crippen LogP contribution in [0.1, 0.15) is 11.9 Å². The van der Waals surface area contributed by atoms with Gasteiger partial charge in [-0.15, -0.1) is 0 Å². The quantitative estimate of drug-likeness (QED) is 0.859. The van der Waals surface area contributed by atoms with Gasteiger partial charge in [-0.25, -0.2) is 0 Å². The Morgan fingerprint density at radius 3 is 2.67 bits per heavy atom. The summed E-state index contributed by atoms with van der Waals surface area (Å²) in [5.41, 5.74) is 6.71. The molecule has 2 aromatic rings. The third kappa shape index (κ3) is 3.32. The number of nitrogens with zero attached hydrogens (tertiary/aromatic N) is 3. The van der Waals surface area contributed by atoms with Gasteiger partial charge in [-0.2, -0.15) is 4.98 Å². The summed E-state index contributed by atoms with van der Waals surface area (Å²) in [6, 6.07) is 5.16. The van der Waals surface area contributed by atoms with E-state index in [0.29, 0.717) is 35.3 Å². The molecule has 0 radical (unpaired) electrons. The first kappa shape index (κ1) is 15.3. The molecular weight excluding hydrogens is 272 g/mol. The molecule has 1 atom stereocenters. The van der Waals surface area contributed by atoms with Crippen molar-refractivity contribution in [2.45, 2.75) is 6.04 Å². The van der Waals surface area contributed by atoms with Crippen LogP contribution in [0.25, 0.3) is 11.5 Å². The van der Waals surface area contributed by atoms with Gasteiger partial charge >= 0.3 is 0 Å². The fourth-order valence-corrected chi connectivity index (χ4v) is 2.03. The van der Waals surface area contributed by atoms with Crippen molar-refractivity contribution >= 4 is 0 Å². The van der Waals surface area contributed by atoms with Crippen molar-refractivity contribution in [2.24, 2.45) is 5.73 Å². The van der Waals surface area contributed by atoms with Gasteiger partial charge in [0.05, 0.1) is 25.8 Å². The minimum atomic E-state index is -0.311. The maximum absolute atomic E-state index is 6.03. The van der Waals surface area contributed by atoms with Crippen molar-refractivity contribution in [3.05, 3.63) is 24.0 Å². The zero-order chi connectivity index (χ0) is 15.4. The molecule has 2 rings (SSSR count). The Balaban J connectivity index is 2.33. The Labute approximate surface area is 123 Å². The van der Waals surface area contributed by atoms with Crippen molar-refractivity contribution in [2.75, 3.05) is 34.9 Å². The summed E-state index contributed by atoms with van der Waals surface area (Å²) in [6.07, 6.45) is 0. The summed E-state index contributed by atoms with van der Waals surface area (Å²) >= 11 is 0. The van der Waals surface area contributed by atoms with Gasteiger partial charge in [0.2, 0.25) is 0 Å². The van der Waals surface area contributed by atoms with E-state index in [1.165, 1.54) is 0 Å². The van der Waals surface area contributed by atoms with Crippen LogP contribution in [0, 0.1) is 0 Å². The Morgan fingerprint density at radius 1 is 1.29 bits per heavy atom. The van der Waals surface area contributed by atoms with Crippen LogP contribution in [0.15, 0.2) is 22.7 Å². The molecule has 1 heterocycles. The lowest BCUT2D eigenvalue weighted by Gasteiger charge is -2.13. The summed E-state index contributed by atoms with van der Waals surface area (Å²) in [5.74, 6) is 1.97. The lowest BCUT2D eigenvalue weighted by Crippen LogP contribution is -2.26. The molecular formula is C14H20N4O3. The van der Waals surface area contributed by atoms with Gasteiger partial charge in [0.1, 0.15) is 0 Å². The topological polar surface area (TPSA) is 86.6 Å². The Morgan fingerprint density at radius 2 is 2.05 bits per heavy atom. The number of nitrogens with two attached hydrogens (primary N) is 1. The SMILES string of the molecule is COc1cccc(-c2nc(C(N)CN(C)C)no2)c1OC. The number of likely N-dealkylation sites (N-methyl/N-ethyl adjacent to an activating group) is 1. The van der Waals surface area contributed by atoms with Crippen LogP contribution in [-0.4, -0.2) is 49.9 Å². The normalized spacial score (nSPS) is 12.5. The van der Waals surface area contributed by atoms with Crippen LogP contribution in [0.4, 0.5) is 0 Å². The molecule has 0 fully saturated rings. The fraction of sp³-hybridized carbons (Fsp3) is 0.429. The van der Waals surface area contributed by atoms with E-state index in [-0.39, 0.29) is 6.04 Å². The highest BCUT2D eigenvalue weighted by Crippen LogP contribution is 2.37. The number of benzene rings is 1. The van der Waals surface area contributed by atoms with E-state index >= 15 is 0 Å². The molecule has 2 N–H and O–H groups in total.